The molecule has 0 atom stereocenters. The SMILES string of the molecule is COC(=O)C1=C(C)N(c2cc(Cl)cc(Cl)c2)C(=O)/C1=C\c1ccc([N+](=O)[O-])cc1. The Balaban J connectivity index is 2.12. The summed E-state index contributed by atoms with van der Waals surface area (Å²) in [5.41, 5.74) is 1.37. The van der Waals surface area contributed by atoms with Gasteiger partial charge in [-0.2, -0.15) is 0 Å². The molecule has 2 aromatic rings. The second kappa shape index (κ2) is 8.06. The fourth-order valence-corrected chi connectivity index (χ4v) is 3.53. The van der Waals surface area contributed by atoms with E-state index in [1.807, 2.05) is 0 Å². The van der Waals surface area contributed by atoms with Gasteiger partial charge in [0.05, 0.1) is 28.9 Å². The molecule has 9 heteroatoms. The van der Waals surface area contributed by atoms with E-state index in [4.69, 9.17) is 27.9 Å². The molecule has 1 heterocycles. The number of non-ortho nitro benzene ring substituents is 1. The minimum Gasteiger partial charge on any atom is -0.465 e. The van der Waals surface area contributed by atoms with E-state index in [0.29, 0.717) is 27.0 Å². The molecule has 0 saturated heterocycles. The molecule has 0 unspecified atom stereocenters. The third kappa shape index (κ3) is 4.01. The predicted octanol–water partition coefficient (Wildman–Crippen LogP) is 4.78. The molecule has 0 aromatic heterocycles. The van der Waals surface area contributed by atoms with Crippen LogP contribution in [0, 0.1) is 10.1 Å². The summed E-state index contributed by atoms with van der Waals surface area (Å²) in [4.78, 5) is 37.2. The van der Waals surface area contributed by atoms with Crippen molar-refractivity contribution in [3.8, 4) is 0 Å². The lowest BCUT2D eigenvalue weighted by molar-refractivity contribution is -0.384. The van der Waals surface area contributed by atoms with E-state index in [1.165, 1.54) is 48.4 Å². The van der Waals surface area contributed by atoms with Crippen LogP contribution in [0.25, 0.3) is 6.08 Å². The first-order chi connectivity index (χ1) is 13.7. The zero-order chi connectivity index (χ0) is 21.3. The van der Waals surface area contributed by atoms with Gasteiger partial charge in [0.1, 0.15) is 0 Å². The molecule has 0 bridgehead atoms. The molecule has 29 heavy (non-hydrogen) atoms. The Bertz CT molecular complexity index is 1070. The maximum absolute atomic E-state index is 13.2. The molecular weight excluding hydrogens is 419 g/mol. The number of carbonyl (C=O) groups is 2. The lowest BCUT2D eigenvalue weighted by Crippen LogP contribution is -2.24. The van der Waals surface area contributed by atoms with Crippen LogP contribution in [0.3, 0.4) is 0 Å². The molecule has 0 radical (unpaired) electrons. The van der Waals surface area contributed by atoms with Crippen LogP contribution in [0.1, 0.15) is 12.5 Å². The van der Waals surface area contributed by atoms with Gasteiger partial charge in [-0.1, -0.05) is 23.2 Å². The van der Waals surface area contributed by atoms with Crippen molar-refractivity contribution in [2.75, 3.05) is 12.0 Å². The van der Waals surface area contributed by atoms with Gasteiger partial charge in [0.2, 0.25) is 0 Å². The molecule has 0 spiro atoms. The van der Waals surface area contributed by atoms with Crippen LogP contribution in [-0.2, 0) is 14.3 Å². The Kier molecular flexibility index (Phi) is 5.72. The zero-order valence-corrected chi connectivity index (χ0v) is 16.8. The quantitative estimate of drug-likeness (QED) is 0.300. The number of benzene rings is 2. The van der Waals surface area contributed by atoms with Crippen LogP contribution in [0.2, 0.25) is 10.0 Å². The number of amides is 1. The number of nitrogens with zero attached hydrogens (tertiary/aromatic N) is 2. The number of anilines is 1. The maximum atomic E-state index is 13.2. The van der Waals surface area contributed by atoms with Crippen LogP contribution in [0.5, 0.6) is 0 Å². The number of ether oxygens (including phenoxy) is 1. The van der Waals surface area contributed by atoms with Crippen molar-refractivity contribution >= 4 is 52.5 Å². The number of hydrogen-bond donors (Lipinski definition) is 0. The average molecular weight is 433 g/mol. The van der Waals surface area contributed by atoms with Crippen LogP contribution >= 0.6 is 23.2 Å². The molecule has 0 N–H and O–H groups in total. The second-order valence-electron chi connectivity index (χ2n) is 6.13. The van der Waals surface area contributed by atoms with Crippen LogP contribution in [0.4, 0.5) is 11.4 Å². The summed E-state index contributed by atoms with van der Waals surface area (Å²) in [5, 5.41) is 11.5. The summed E-state index contributed by atoms with van der Waals surface area (Å²) < 4.78 is 4.85. The van der Waals surface area contributed by atoms with Crippen molar-refractivity contribution in [1.82, 2.24) is 0 Å². The minimum absolute atomic E-state index is 0.0833. The maximum Gasteiger partial charge on any atom is 0.340 e. The summed E-state index contributed by atoms with van der Waals surface area (Å²) in [5.74, 6) is -1.15. The standard InChI is InChI=1S/C20H14Cl2N2O5/c1-11-18(20(26)29-2)17(7-12-3-5-15(6-4-12)24(27)28)19(25)23(11)16-9-13(21)8-14(22)10-16/h3-10H,1-2H3/b17-7-. The van der Waals surface area contributed by atoms with Gasteiger partial charge in [-0.15, -0.1) is 0 Å². The summed E-state index contributed by atoms with van der Waals surface area (Å²) >= 11 is 12.1. The first-order valence-corrected chi connectivity index (χ1v) is 9.04. The molecule has 1 amide bonds. The Labute approximate surface area is 175 Å². The third-order valence-corrected chi connectivity index (χ3v) is 4.75. The summed E-state index contributed by atoms with van der Waals surface area (Å²) in [6.45, 7) is 1.61. The number of carbonyl (C=O) groups excluding carboxylic acids is 2. The predicted molar refractivity (Wildman–Crippen MR) is 110 cm³/mol. The Morgan fingerprint density at radius 2 is 1.72 bits per heavy atom. The Morgan fingerprint density at radius 1 is 1.14 bits per heavy atom. The van der Waals surface area contributed by atoms with E-state index in [9.17, 15) is 19.7 Å². The van der Waals surface area contributed by atoms with E-state index in [1.54, 1.807) is 19.1 Å². The normalized spacial score (nSPS) is 15.2. The molecule has 1 aliphatic rings. The van der Waals surface area contributed by atoms with E-state index in [-0.39, 0.29) is 16.8 Å². The molecule has 3 rings (SSSR count). The van der Waals surface area contributed by atoms with E-state index in [2.05, 4.69) is 0 Å². The van der Waals surface area contributed by atoms with Gasteiger partial charge >= 0.3 is 5.97 Å². The smallest absolute Gasteiger partial charge is 0.340 e. The van der Waals surface area contributed by atoms with Gasteiger partial charge < -0.3 is 4.74 Å². The lowest BCUT2D eigenvalue weighted by Gasteiger charge is -2.18. The topological polar surface area (TPSA) is 89.8 Å². The van der Waals surface area contributed by atoms with Gasteiger partial charge in [-0.05, 0) is 48.9 Å². The first kappa shape index (κ1) is 20.6. The van der Waals surface area contributed by atoms with Gasteiger partial charge in [-0.25, -0.2) is 4.79 Å². The fraction of sp³-hybridized carbons (Fsp3) is 0.100. The highest BCUT2D eigenvalue weighted by Crippen LogP contribution is 2.37. The van der Waals surface area contributed by atoms with Crippen molar-refractivity contribution in [1.29, 1.82) is 0 Å². The van der Waals surface area contributed by atoms with E-state index >= 15 is 0 Å². The molecular formula is C20H14Cl2N2O5. The van der Waals surface area contributed by atoms with Gasteiger partial charge in [0.25, 0.3) is 11.6 Å². The van der Waals surface area contributed by atoms with Crippen molar-refractivity contribution in [3.05, 3.63) is 85.0 Å². The number of nitro groups is 1. The number of rotatable bonds is 4. The van der Waals surface area contributed by atoms with Crippen molar-refractivity contribution < 1.29 is 19.2 Å². The molecule has 0 saturated carbocycles. The molecule has 0 fully saturated rings. The largest absolute Gasteiger partial charge is 0.465 e. The van der Waals surface area contributed by atoms with E-state index in [0.717, 1.165) is 0 Å². The molecule has 148 valence electrons. The molecule has 0 aliphatic carbocycles. The molecule has 1 aliphatic heterocycles. The highest BCUT2D eigenvalue weighted by Gasteiger charge is 2.38. The van der Waals surface area contributed by atoms with Crippen LogP contribution in [-0.4, -0.2) is 23.9 Å². The summed E-state index contributed by atoms with van der Waals surface area (Å²) in [6, 6.07) is 10.2. The number of esters is 1. The summed E-state index contributed by atoms with van der Waals surface area (Å²) in [6.07, 6.45) is 1.48. The van der Waals surface area contributed by atoms with Gasteiger partial charge in [0.15, 0.2) is 0 Å². The second-order valence-corrected chi connectivity index (χ2v) is 7.00. The number of halogens is 2. The van der Waals surface area contributed by atoms with Gasteiger partial charge in [-0.3, -0.25) is 19.8 Å². The summed E-state index contributed by atoms with van der Waals surface area (Å²) in [7, 11) is 1.22. The third-order valence-electron chi connectivity index (χ3n) is 4.31. The zero-order valence-electron chi connectivity index (χ0n) is 15.3. The van der Waals surface area contributed by atoms with Gasteiger partial charge in [0, 0.05) is 27.9 Å². The number of allylic oxidation sites excluding steroid dienone is 1. The first-order valence-electron chi connectivity index (χ1n) is 8.29. The minimum atomic E-state index is -0.681. The number of nitro benzene ring substituents is 1. The highest BCUT2D eigenvalue weighted by atomic mass is 35.5. The molecule has 7 nitrogen and oxygen atoms in total. The average Bonchev–Trinajstić information content (AvgIpc) is 2.90. The Morgan fingerprint density at radius 3 is 2.24 bits per heavy atom. The lowest BCUT2D eigenvalue weighted by atomic mass is 10.0. The highest BCUT2D eigenvalue weighted by molar-refractivity contribution is 6.35. The molecule has 2 aromatic carbocycles. The Hall–Kier alpha value is -3.16. The van der Waals surface area contributed by atoms with Crippen molar-refractivity contribution in [2.45, 2.75) is 6.92 Å². The number of methoxy groups -OCH3 is 1. The van der Waals surface area contributed by atoms with E-state index < -0.39 is 16.8 Å². The monoisotopic (exact) mass is 432 g/mol. The van der Waals surface area contributed by atoms with Crippen molar-refractivity contribution in [3.63, 3.8) is 0 Å². The number of hydrogen-bond acceptors (Lipinski definition) is 5. The van der Waals surface area contributed by atoms with Crippen LogP contribution in [0.15, 0.2) is 59.3 Å². The fourth-order valence-electron chi connectivity index (χ4n) is 3.02. The van der Waals surface area contributed by atoms with Crippen molar-refractivity contribution in [2.24, 2.45) is 0 Å². The van der Waals surface area contributed by atoms with Crippen LogP contribution < -0.4 is 4.90 Å².